The molecule has 2 aromatic heterocycles. The quantitative estimate of drug-likeness (QED) is 0.645. The fourth-order valence-electron chi connectivity index (χ4n) is 2.86. The molecule has 1 aromatic carbocycles. The number of rotatable bonds is 4. The number of hydrogen-bond donors (Lipinski definition) is 1. The van der Waals surface area contributed by atoms with Crippen molar-refractivity contribution in [2.45, 2.75) is 17.0 Å². The number of carbonyl (C=O) groups is 1. The number of alkyl halides is 3. The van der Waals surface area contributed by atoms with Crippen LogP contribution in [-0.2, 0) is 16.3 Å². The van der Waals surface area contributed by atoms with Gasteiger partial charge in [0, 0.05) is 23.6 Å². The van der Waals surface area contributed by atoms with Gasteiger partial charge in [-0.2, -0.15) is 13.2 Å². The SMILES string of the molecule is O=C(Nc1nc(-c2ccc3c(c2)CCO3)cs1)c1cccnc1S(=O)(=O)C(F)(F)F. The van der Waals surface area contributed by atoms with Crippen molar-refractivity contribution in [3.05, 3.63) is 53.0 Å². The molecule has 12 heteroatoms. The third-order valence-corrected chi connectivity index (χ3v) is 6.49. The number of amides is 1. The molecule has 1 aliphatic heterocycles. The third kappa shape index (κ3) is 3.63. The fraction of sp³-hybridized carbons (Fsp3) is 0.167. The smallest absolute Gasteiger partial charge is 0.493 e. The van der Waals surface area contributed by atoms with Crippen LogP contribution >= 0.6 is 11.3 Å². The third-order valence-electron chi connectivity index (χ3n) is 4.28. The number of sulfone groups is 1. The van der Waals surface area contributed by atoms with E-state index in [1.54, 1.807) is 11.4 Å². The van der Waals surface area contributed by atoms with Crippen LogP contribution < -0.4 is 10.1 Å². The van der Waals surface area contributed by atoms with Gasteiger partial charge in [0.15, 0.2) is 10.2 Å². The van der Waals surface area contributed by atoms with Crippen LogP contribution in [0.4, 0.5) is 18.3 Å². The van der Waals surface area contributed by atoms with E-state index in [1.807, 2.05) is 12.1 Å². The van der Waals surface area contributed by atoms with Crippen molar-refractivity contribution in [2.75, 3.05) is 11.9 Å². The number of hydrogen-bond acceptors (Lipinski definition) is 7. The molecule has 0 atom stereocenters. The van der Waals surface area contributed by atoms with Crippen LogP contribution in [0.3, 0.4) is 0 Å². The summed E-state index contributed by atoms with van der Waals surface area (Å²) in [6.07, 6.45) is 1.64. The molecule has 30 heavy (non-hydrogen) atoms. The minimum absolute atomic E-state index is 0.103. The van der Waals surface area contributed by atoms with Crippen LogP contribution in [0.2, 0.25) is 0 Å². The number of halogens is 3. The summed E-state index contributed by atoms with van der Waals surface area (Å²) in [4.78, 5) is 20.0. The number of ether oxygens (including phenoxy) is 1. The number of fused-ring (bicyclic) bond motifs is 1. The number of nitrogens with one attached hydrogen (secondary N) is 1. The molecule has 0 bridgehead atoms. The van der Waals surface area contributed by atoms with Gasteiger partial charge < -0.3 is 4.74 Å². The van der Waals surface area contributed by atoms with E-state index in [2.05, 4.69) is 15.3 Å². The molecule has 1 N–H and O–H groups in total. The van der Waals surface area contributed by atoms with Crippen molar-refractivity contribution in [1.29, 1.82) is 0 Å². The number of nitrogens with zero attached hydrogens (tertiary/aromatic N) is 2. The number of carbonyl (C=O) groups excluding carboxylic acids is 1. The Balaban J connectivity index is 1.59. The molecule has 0 radical (unpaired) electrons. The minimum Gasteiger partial charge on any atom is -0.493 e. The lowest BCUT2D eigenvalue weighted by Crippen LogP contribution is -2.27. The maximum Gasteiger partial charge on any atom is 0.503 e. The first-order chi connectivity index (χ1) is 14.2. The number of aromatic nitrogens is 2. The van der Waals surface area contributed by atoms with Crippen molar-refractivity contribution in [1.82, 2.24) is 9.97 Å². The summed E-state index contributed by atoms with van der Waals surface area (Å²) in [5.74, 6) is -0.258. The summed E-state index contributed by atoms with van der Waals surface area (Å²) in [7, 11) is -5.79. The Morgan fingerprint density at radius 3 is 2.80 bits per heavy atom. The second kappa shape index (κ2) is 7.36. The van der Waals surface area contributed by atoms with E-state index in [-0.39, 0.29) is 5.13 Å². The maximum atomic E-state index is 12.9. The first kappa shape index (κ1) is 20.3. The molecular weight excluding hydrogens is 443 g/mol. The summed E-state index contributed by atoms with van der Waals surface area (Å²) in [6, 6.07) is 7.66. The van der Waals surface area contributed by atoms with Gasteiger partial charge in [-0.05, 0) is 35.9 Å². The highest BCUT2D eigenvalue weighted by atomic mass is 32.2. The predicted octanol–water partition coefficient (Wildman–Crippen LogP) is 3.69. The molecule has 0 fully saturated rings. The summed E-state index contributed by atoms with van der Waals surface area (Å²) < 4.78 is 67.6. The van der Waals surface area contributed by atoms with Crippen molar-refractivity contribution in [2.24, 2.45) is 0 Å². The van der Waals surface area contributed by atoms with Crippen molar-refractivity contribution < 1.29 is 31.1 Å². The van der Waals surface area contributed by atoms with Crippen LogP contribution in [0.1, 0.15) is 15.9 Å². The first-order valence-electron chi connectivity index (χ1n) is 8.46. The van der Waals surface area contributed by atoms with Crippen LogP contribution in [-0.4, -0.2) is 36.4 Å². The fourth-order valence-corrected chi connectivity index (χ4v) is 4.45. The van der Waals surface area contributed by atoms with E-state index in [4.69, 9.17) is 4.74 Å². The molecule has 3 aromatic rings. The highest BCUT2D eigenvalue weighted by molar-refractivity contribution is 7.92. The molecule has 0 aliphatic carbocycles. The van der Waals surface area contributed by atoms with E-state index in [0.717, 1.165) is 46.9 Å². The van der Waals surface area contributed by atoms with E-state index in [0.29, 0.717) is 12.3 Å². The second-order valence-electron chi connectivity index (χ2n) is 6.22. The highest BCUT2D eigenvalue weighted by Gasteiger charge is 2.49. The van der Waals surface area contributed by atoms with Gasteiger partial charge in [-0.1, -0.05) is 0 Å². The van der Waals surface area contributed by atoms with Crippen LogP contribution in [0.15, 0.2) is 46.9 Å². The van der Waals surface area contributed by atoms with E-state index < -0.39 is 31.8 Å². The molecular formula is C18H12F3N3O4S2. The molecule has 156 valence electrons. The molecule has 1 aliphatic rings. The lowest BCUT2D eigenvalue weighted by atomic mass is 10.1. The number of anilines is 1. The molecule has 0 saturated carbocycles. The molecule has 1 amide bonds. The molecule has 7 nitrogen and oxygen atoms in total. The monoisotopic (exact) mass is 455 g/mol. The largest absolute Gasteiger partial charge is 0.503 e. The van der Waals surface area contributed by atoms with Crippen LogP contribution in [0.25, 0.3) is 11.3 Å². The van der Waals surface area contributed by atoms with E-state index in [1.165, 1.54) is 6.07 Å². The molecule has 0 unspecified atom stereocenters. The van der Waals surface area contributed by atoms with Gasteiger partial charge >= 0.3 is 5.51 Å². The van der Waals surface area contributed by atoms with Gasteiger partial charge in [-0.3, -0.25) is 10.1 Å². The number of pyridine rings is 1. The lowest BCUT2D eigenvalue weighted by molar-refractivity contribution is -0.0438. The van der Waals surface area contributed by atoms with Gasteiger partial charge in [0.05, 0.1) is 17.9 Å². The van der Waals surface area contributed by atoms with Crippen molar-refractivity contribution in [3.63, 3.8) is 0 Å². The zero-order chi connectivity index (χ0) is 21.5. The van der Waals surface area contributed by atoms with Crippen LogP contribution in [0.5, 0.6) is 5.75 Å². The zero-order valence-corrected chi connectivity index (χ0v) is 16.6. The second-order valence-corrected chi connectivity index (χ2v) is 8.93. The van der Waals surface area contributed by atoms with E-state index >= 15 is 0 Å². The zero-order valence-electron chi connectivity index (χ0n) is 14.9. The summed E-state index contributed by atoms with van der Waals surface area (Å²) in [5, 5.41) is 2.75. The minimum atomic E-state index is -5.79. The average molecular weight is 455 g/mol. The first-order valence-corrected chi connectivity index (χ1v) is 10.8. The van der Waals surface area contributed by atoms with Crippen molar-refractivity contribution >= 4 is 32.2 Å². The van der Waals surface area contributed by atoms with Gasteiger partial charge in [-0.25, -0.2) is 18.4 Å². The van der Waals surface area contributed by atoms with Crippen molar-refractivity contribution in [3.8, 4) is 17.0 Å². The number of benzene rings is 1. The summed E-state index contributed by atoms with van der Waals surface area (Å²) in [5.41, 5.74) is -3.93. The van der Waals surface area contributed by atoms with E-state index in [9.17, 15) is 26.4 Å². The molecule has 3 heterocycles. The average Bonchev–Trinajstić information content (AvgIpc) is 3.35. The standard InChI is InChI=1S/C18H12F3N3O4S2/c19-18(20,21)30(26,27)16-12(2-1-6-22-16)15(25)24-17-23-13(9-29-17)10-3-4-14-11(8-10)5-7-28-14/h1-4,6,8-9H,5,7H2,(H,23,24,25). The topological polar surface area (TPSA) is 98.2 Å². The Morgan fingerprint density at radius 1 is 1.23 bits per heavy atom. The van der Waals surface area contributed by atoms with Gasteiger partial charge in [0.2, 0.25) is 0 Å². The van der Waals surface area contributed by atoms with Gasteiger partial charge in [0.1, 0.15) is 5.75 Å². The summed E-state index contributed by atoms with van der Waals surface area (Å²) in [6.45, 7) is 0.603. The molecule has 0 spiro atoms. The lowest BCUT2D eigenvalue weighted by Gasteiger charge is -2.10. The highest BCUT2D eigenvalue weighted by Crippen LogP contribution is 2.33. The Hall–Kier alpha value is -2.99. The van der Waals surface area contributed by atoms with Gasteiger partial charge in [-0.15, -0.1) is 11.3 Å². The Bertz CT molecular complexity index is 1240. The number of thiazole rings is 1. The normalized spacial score (nSPS) is 13.6. The predicted molar refractivity (Wildman–Crippen MR) is 102 cm³/mol. The Labute approximate surface area is 172 Å². The van der Waals surface area contributed by atoms with Crippen LogP contribution in [0, 0.1) is 0 Å². The Morgan fingerprint density at radius 2 is 2.03 bits per heavy atom. The van der Waals surface area contributed by atoms with Gasteiger partial charge in [0.25, 0.3) is 15.7 Å². The maximum absolute atomic E-state index is 12.9. The molecule has 0 saturated heterocycles. The summed E-state index contributed by atoms with van der Waals surface area (Å²) >= 11 is 1.05. The Kier molecular flexibility index (Phi) is 4.98. The molecule has 4 rings (SSSR count).